The summed E-state index contributed by atoms with van der Waals surface area (Å²) in [5.74, 6) is 0.725. The molecule has 0 bridgehead atoms. The lowest BCUT2D eigenvalue weighted by atomic mass is 10.1. The average molecular weight is 625 g/mol. The Balaban J connectivity index is 1.83. The van der Waals surface area contributed by atoms with Crippen LogP contribution in [0, 0.1) is 7.14 Å². The molecular weight excluding hydrogens is 610 g/mol. The van der Waals surface area contributed by atoms with Crippen LogP contribution < -0.4 is 4.74 Å². The quantitative estimate of drug-likeness (QED) is 0.268. The van der Waals surface area contributed by atoms with Crippen molar-refractivity contribution in [2.75, 3.05) is 14.1 Å². The molecule has 1 heterocycles. The molecule has 0 aliphatic carbocycles. The van der Waals surface area contributed by atoms with E-state index in [0.717, 1.165) is 24.0 Å². The Morgan fingerprint density at radius 2 is 1.70 bits per heavy atom. The maximum atomic E-state index is 12.3. The number of hydrogen-bond acceptors (Lipinski definition) is 3. The van der Waals surface area contributed by atoms with Crippen molar-refractivity contribution in [3.8, 4) is 5.75 Å². The average Bonchev–Trinajstić information content (AvgIpc) is 2.80. The van der Waals surface area contributed by atoms with Gasteiger partial charge in [0.15, 0.2) is 5.11 Å². The first kappa shape index (κ1) is 20.8. The monoisotopic (exact) mass is 624 g/mol. The minimum absolute atomic E-state index is 0.101. The molecule has 1 aliphatic rings. The summed E-state index contributed by atoms with van der Waals surface area (Å²) in [6.45, 7) is 0.462. The number of nitrogens with zero attached hydrogens (tertiary/aromatic N) is 2. The van der Waals surface area contributed by atoms with E-state index in [4.69, 9.17) is 28.6 Å². The summed E-state index contributed by atoms with van der Waals surface area (Å²) in [5, 5.41) is 1.20. The molecule has 3 rings (SSSR count). The highest BCUT2D eigenvalue weighted by Crippen LogP contribution is 2.31. The normalized spacial score (nSPS) is 15.8. The third-order valence-electron chi connectivity index (χ3n) is 4.08. The van der Waals surface area contributed by atoms with Crippen LogP contribution in [-0.4, -0.2) is 34.9 Å². The van der Waals surface area contributed by atoms with Crippen LogP contribution in [0.15, 0.2) is 42.1 Å². The molecule has 1 aliphatic heterocycles. The fraction of sp³-hybridized carbons (Fsp3) is 0.158. The summed E-state index contributed by atoms with van der Waals surface area (Å²) in [5.41, 5.74) is 2.53. The van der Waals surface area contributed by atoms with Crippen LogP contribution in [0.3, 0.4) is 0 Å². The van der Waals surface area contributed by atoms with Gasteiger partial charge in [0, 0.05) is 19.1 Å². The van der Waals surface area contributed by atoms with Crippen LogP contribution in [0.2, 0.25) is 5.02 Å². The van der Waals surface area contributed by atoms with Gasteiger partial charge in [-0.3, -0.25) is 9.69 Å². The van der Waals surface area contributed by atoms with Crippen molar-refractivity contribution >= 4 is 86.1 Å². The SMILES string of the molecule is CN1C(=O)/C(=C/c2cc(I)c(OCc3ccc(Cl)cc3)c(I)c2)N(C)C1=S. The lowest BCUT2D eigenvalue weighted by molar-refractivity contribution is -0.121. The molecule has 0 radical (unpaired) electrons. The predicted octanol–water partition coefficient (Wildman–Crippen LogP) is 5.16. The van der Waals surface area contributed by atoms with Crippen molar-refractivity contribution in [3.05, 3.63) is 65.4 Å². The molecule has 0 spiro atoms. The summed E-state index contributed by atoms with van der Waals surface area (Å²) in [6, 6.07) is 11.6. The molecular formula is C19H15ClI2N2O2S. The zero-order chi connectivity index (χ0) is 19.7. The van der Waals surface area contributed by atoms with E-state index in [0.29, 0.717) is 22.4 Å². The summed E-state index contributed by atoms with van der Waals surface area (Å²) >= 11 is 15.7. The number of likely N-dealkylation sites (N-methyl/N-ethyl adjacent to an activating group) is 2. The van der Waals surface area contributed by atoms with Gasteiger partial charge in [-0.15, -0.1) is 0 Å². The Morgan fingerprint density at radius 3 is 2.22 bits per heavy atom. The van der Waals surface area contributed by atoms with Crippen molar-refractivity contribution in [3.63, 3.8) is 0 Å². The van der Waals surface area contributed by atoms with Gasteiger partial charge in [0.1, 0.15) is 18.1 Å². The van der Waals surface area contributed by atoms with Gasteiger partial charge in [0.2, 0.25) is 0 Å². The summed E-state index contributed by atoms with van der Waals surface area (Å²) < 4.78 is 7.96. The van der Waals surface area contributed by atoms with Crippen molar-refractivity contribution in [1.82, 2.24) is 9.80 Å². The number of carbonyl (C=O) groups excluding carboxylic acids is 1. The Bertz CT molecular complexity index is 924. The Kier molecular flexibility index (Phi) is 6.65. The van der Waals surface area contributed by atoms with Crippen LogP contribution in [0.5, 0.6) is 5.75 Å². The molecule has 1 saturated heterocycles. The number of benzene rings is 2. The second kappa shape index (κ2) is 8.62. The van der Waals surface area contributed by atoms with Crippen LogP contribution >= 0.6 is 69.0 Å². The predicted molar refractivity (Wildman–Crippen MR) is 129 cm³/mol. The lowest BCUT2D eigenvalue weighted by Gasteiger charge is -2.13. The molecule has 0 atom stereocenters. The first-order valence-electron chi connectivity index (χ1n) is 7.91. The number of rotatable bonds is 4. The maximum absolute atomic E-state index is 12.3. The minimum Gasteiger partial charge on any atom is -0.487 e. The molecule has 1 amide bonds. The second-order valence-corrected chi connectivity index (χ2v) is 9.09. The van der Waals surface area contributed by atoms with E-state index in [1.165, 1.54) is 4.90 Å². The zero-order valence-electron chi connectivity index (χ0n) is 14.5. The fourth-order valence-electron chi connectivity index (χ4n) is 2.58. The minimum atomic E-state index is -0.101. The highest BCUT2D eigenvalue weighted by atomic mass is 127. The van der Waals surface area contributed by atoms with E-state index in [2.05, 4.69) is 45.2 Å². The van der Waals surface area contributed by atoms with Crippen molar-refractivity contribution < 1.29 is 9.53 Å². The number of ether oxygens (including phenoxy) is 1. The first-order chi connectivity index (χ1) is 12.8. The third-order valence-corrected chi connectivity index (χ3v) is 6.48. The summed E-state index contributed by atoms with van der Waals surface area (Å²) in [7, 11) is 3.48. The van der Waals surface area contributed by atoms with Gasteiger partial charge in [-0.05, 0) is 98.9 Å². The summed E-state index contributed by atoms with van der Waals surface area (Å²) in [6.07, 6.45) is 1.85. The Labute approximate surface area is 195 Å². The number of halogens is 3. The van der Waals surface area contributed by atoms with Crippen LogP contribution in [-0.2, 0) is 11.4 Å². The van der Waals surface area contributed by atoms with E-state index in [9.17, 15) is 4.79 Å². The van der Waals surface area contributed by atoms with Crippen LogP contribution in [0.1, 0.15) is 11.1 Å². The fourth-order valence-corrected chi connectivity index (χ4v) is 5.02. The van der Waals surface area contributed by atoms with Gasteiger partial charge in [-0.25, -0.2) is 0 Å². The zero-order valence-corrected chi connectivity index (χ0v) is 20.4. The van der Waals surface area contributed by atoms with E-state index in [1.54, 1.807) is 19.0 Å². The van der Waals surface area contributed by atoms with E-state index < -0.39 is 0 Å². The molecule has 0 unspecified atom stereocenters. The summed E-state index contributed by atoms with van der Waals surface area (Å²) in [4.78, 5) is 15.5. The topological polar surface area (TPSA) is 32.8 Å². The molecule has 0 aromatic heterocycles. The van der Waals surface area contributed by atoms with E-state index in [1.807, 2.05) is 42.5 Å². The smallest absolute Gasteiger partial charge is 0.276 e. The first-order valence-corrected chi connectivity index (χ1v) is 10.9. The largest absolute Gasteiger partial charge is 0.487 e. The number of carbonyl (C=O) groups is 1. The molecule has 4 nitrogen and oxygen atoms in total. The van der Waals surface area contributed by atoms with Crippen molar-refractivity contribution in [2.24, 2.45) is 0 Å². The van der Waals surface area contributed by atoms with Gasteiger partial charge in [0.05, 0.1) is 7.14 Å². The third kappa shape index (κ3) is 4.57. The van der Waals surface area contributed by atoms with Gasteiger partial charge < -0.3 is 9.64 Å². The van der Waals surface area contributed by atoms with E-state index >= 15 is 0 Å². The lowest BCUT2D eigenvalue weighted by Crippen LogP contribution is -2.26. The molecule has 0 saturated carbocycles. The van der Waals surface area contributed by atoms with Gasteiger partial charge >= 0.3 is 0 Å². The number of thiocarbonyl (C=S) groups is 1. The highest BCUT2D eigenvalue weighted by Gasteiger charge is 2.32. The molecule has 8 heteroatoms. The molecule has 2 aromatic carbocycles. The van der Waals surface area contributed by atoms with Crippen LogP contribution in [0.25, 0.3) is 6.08 Å². The van der Waals surface area contributed by atoms with Gasteiger partial charge in [-0.2, -0.15) is 0 Å². The highest BCUT2D eigenvalue weighted by molar-refractivity contribution is 14.1. The standard InChI is InChI=1S/C19H15ClI2N2O2S/c1-23-16(18(25)24(2)19(23)27)9-12-7-14(21)17(15(22)8-12)26-10-11-3-5-13(20)6-4-11/h3-9H,10H2,1-2H3/b16-9-. The van der Waals surface area contributed by atoms with Crippen LogP contribution in [0.4, 0.5) is 0 Å². The second-order valence-electron chi connectivity index (χ2n) is 5.96. The number of amides is 1. The van der Waals surface area contributed by atoms with E-state index in [-0.39, 0.29) is 5.91 Å². The molecule has 27 heavy (non-hydrogen) atoms. The molecule has 2 aromatic rings. The maximum Gasteiger partial charge on any atom is 0.276 e. The Morgan fingerprint density at radius 1 is 1.11 bits per heavy atom. The number of hydrogen-bond donors (Lipinski definition) is 0. The molecule has 0 N–H and O–H groups in total. The van der Waals surface area contributed by atoms with Crippen molar-refractivity contribution in [2.45, 2.75) is 6.61 Å². The Hall–Kier alpha value is -0.910. The van der Waals surface area contributed by atoms with Crippen molar-refractivity contribution in [1.29, 1.82) is 0 Å². The molecule has 1 fully saturated rings. The molecule has 140 valence electrons. The van der Waals surface area contributed by atoms with Gasteiger partial charge in [-0.1, -0.05) is 23.7 Å². The van der Waals surface area contributed by atoms with Gasteiger partial charge in [0.25, 0.3) is 5.91 Å².